The second-order valence-electron chi connectivity index (χ2n) is 13.1. The van der Waals surface area contributed by atoms with Gasteiger partial charge in [0.15, 0.2) is 5.78 Å². The number of fused-ring (bicyclic) bond motifs is 5. The molecule has 7 N–H and O–H groups in total. The van der Waals surface area contributed by atoms with Crippen LogP contribution in [-0.4, -0.2) is 83.3 Å². The van der Waals surface area contributed by atoms with E-state index in [0.717, 1.165) is 0 Å². The van der Waals surface area contributed by atoms with Crippen molar-refractivity contribution < 1.29 is 40.5 Å². The fraction of sp³-hybridized carbons (Fsp3) is 0.889. The van der Waals surface area contributed by atoms with Crippen molar-refractivity contribution in [2.75, 3.05) is 6.61 Å². The van der Waals surface area contributed by atoms with Crippen molar-refractivity contribution >= 4 is 5.78 Å². The van der Waals surface area contributed by atoms with Crippen LogP contribution in [0, 0.1) is 28.6 Å². The SMILES string of the molecule is CC(C)(O)CC[C@@H](O)[C@@](O)(CO)[C@H]1CC[C@@]2(O)C3=CC(=O)C4C[C@@H](O)[C@@H](O)C[C@]4(C)[C@H]3CC[C@]12C. The maximum Gasteiger partial charge on any atom is 0.159 e. The number of carbonyl (C=O) groups excluding carboxylic acids is 1. The molecule has 10 atom stereocenters. The molecule has 0 saturated heterocycles. The molecule has 8 nitrogen and oxygen atoms in total. The second-order valence-corrected chi connectivity index (χ2v) is 13.1. The van der Waals surface area contributed by atoms with Gasteiger partial charge in [0.1, 0.15) is 5.60 Å². The molecule has 200 valence electrons. The summed E-state index contributed by atoms with van der Waals surface area (Å²) < 4.78 is 0. The van der Waals surface area contributed by atoms with Crippen LogP contribution in [0.15, 0.2) is 11.6 Å². The highest BCUT2D eigenvalue weighted by atomic mass is 16.4. The van der Waals surface area contributed by atoms with Crippen LogP contribution < -0.4 is 0 Å². The van der Waals surface area contributed by atoms with Gasteiger partial charge in [-0.15, -0.1) is 0 Å². The van der Waals surface area contributed by atoms with Gasteiger partial charge in [-0.3, -0.25) is 4.79 Å². The summed E-state index contributed by atoms with van der Waals surface area (Å²) in [6.07, 6.45) is 1.000. The van der Waals surface area contributed by atoms with E-state index < -0.39 is 64.4 Å². The number of carbonyl (C=O) groups is 1. The van der Waals surface area contributed by atoms with Crippen molar-refractivity contribution in [3.8, 4) is 0 Å². The van der Waals surface area contributed by atoms with Gasteiger partial charge in [0.25, 0.3) is 0 Å². The van der Waals surface area contributed by atoms with Crippen LogP contribution in [0.4, 0.5) is 0 Å². The summed E-state index contributed by atoms with van der Waals surface area (Å²) in [5, 5.41) is 75.9. The molecule has 35 heavy (non-hydrogen) atoms. The lowest BCUT2D eigenvalue weighted by molar-refractivity contribution is -0.195. The molecular weight excluding hydrogens is 452 g/mol. The van der Waals surface area contributed by atoms with Crippen LogP contribution in [-0.2, 0) is 4.79 Å². The highest BCUT2D eigenvalue weighted by molar-refractivity contribution is 5.95. The lowest BCUT2D eigenvalue weighted by Gasteiger charge is -2.60. The molecule has 0 radical (unpaired) electrons. The Kier molecular flexibility index (Phi) is 6.66. The van der Waals surface area contributed by atoms with Crippen LogP contribution in [0.5, 0.6) is 0 Å². The van der Waals surface area contributed by atoms with Gasteiger partial charge in [-0.25, -0.2) is 0 Å². The van der Waals surface area contributed by atoms with E-state index in [1.165, 1.54) is 0 Å². The maximum absolute atomic E-state index is 13.3. The largest absolute Gasteiger partial charge is 0.393 e. The summed E-state index contributed by atoms with van der Waals surface area (Å²) in [5.74, 6) is -1.33. The predicted molar refractivity (Wildman–Crippen MR) is 128 cm³/mol. The first-order chi connectivity index (χ1) is 16.0. The van der Waals surface area contributed by atoms with Crippen molar-refractivity contribution in [2.45, 2.75) is 114 Å². The molecule has 0 aliphatic heterocycles. The molecule has 0 heterocycles. The molecule has 0 aromatic rings. The Morgan fingerprint density at radius 3 is 2.34 bits per heavy atom. The van der Waals surface area contributed by atoms with E-state index in [-0.39, 0.29) is 43.8 Å². The molecule has 3 fully saturated rings. The van der Waals surface area contributed by atoms with Gasteiger partial charge < -0.3 is 35.7 Å². The third kappa shape index (κ3) is 3.95. The lowest BCUT2D eigenvalue weighted by atomic mass is 9.45. The highest BCUT2D eigenvalue weighted by Gasteiger charge is 2.69. The Morgan fingerprint density at radius 2 is 1.74 bits per heavy atom. The van der Waals surface area contributed by atoms with Gasteiger partial charge in [-0.2, -0.15) is 0 Å². The van der Waals surface area contributed by atoms with Crippen LogP contribution in [0.3, 0.4) is 0 Å². The summed E-state index contributed by atoms with van der Waals surface area (Å²) in [6, 6.07) is 0. The van der Waals surface area contributed by atoms with Crippen molar-refractivity contribution in [1.29, 1.82) is 0 Å². The van der Waals surface area contributed by atoms with Crippen LogP contribution >= 0.6 is 0 Å². The minimum Gasteiger partial charge on any atom is -0.393 e. The number of aliphatic hydroxyl groups is 7. The normalized spacial score (nSPS) is 46.2. The van der Waals surface area contributed by atoms with E-state index >= 15 is 0 Å². The highest BCUT2D eigenvalue weighted by Crippen LogP contribution is 2.68. The number of ketones is 1. The Bertz CT molecular complexity index is 881. The summed E-state index contributed by atoms with van der Waals surface area (Å²) >= 11 is 0. The molecule has 0 aromatic carbocycles. The average molecular weight is 497 g/mol. The number of hydrogen-bond acceptors (Lipinski definition) is 8. The van der Waals surface area contributed by atoms with Crippen LogP contribution in [0.2, 0.25) is 0 Å². The minimum atomic E-state index is -1.87. The molecule has 4 aliphatic rings. The van der Waals surface area contributed by atoms with Crippen LogP contribution in [0.25, 0.3) is 0 Å². The number of allylic oxidation sites excluding steroid dienone is 1. The van der Waals surface area contributed by atoms with Crippen molar-refractivity contribution in [2.24, 2.45) is 28.6 Å². The van der Waals surface area contributed by atoms with E-state index in [0.29, 0.717) is 24.8 Å². The second kappa shape index (κ2) is 8.58. The van der Waals surface area contributed by atoms with Gasteiger partial charge in [0, 0.05) is 17.3 Å². The third-order valence-electron chi connectivity index (χ3n) is 10.6. The van der Waals surface area contributed by atoms with E-state index in [2.05, 4.69) is 0 Å². The molecule has 1 unspecified atom stereocenters. The quantitative estimate of drug-likeness (QED) is 0.285. The summed E-state index contributed by atoms with van der Waals surface area (Å²) in [4.78, 5) is 13.3. The van der Waals surface area contributed by atoms with E-state index in [1.807, 2.05) is 13.8 Å². The van der Waals surface area contributed by atoms with E-state index in [4.69, 9.17) is 0 Å². The number of rotatable bonds is 6. The van der Waals surface area contributed by atoms with Crippen molar-refractivity contribution in [3.63, 3.8) is 0 Å². The Labute approximate surface area is 207 Å². The fourth-order valence-corrected chi connectivity index (χ4v) is 8.36. The summed E-state index contributed by atoms with van der Waals surface area (Å²) in [6.45, 7) is 6.42. The van der Waals surface area contributed by atoms with Gasteiger partial charge in [0.2, 0.25) is 0 Å². The Hall–Kier alpha value is -0.870. The van der Waals surface area contributed by atoms with Crippen molar-refractivity contribution in [3.05, 3.63) is 11.6 Å². The maximum atomic E-state index is 13.3. The molecule has 0 aromatic heterocycles. The standard InChI is InChI=1S/C27H44O8/c1-23(2,33)8-7-22(32)26(34,14-28)21-6-10-27(35)16-11-18(29)17-12-19(30)20(31)13-24(17,3)15(16)5-9-25(21,27)4/h11,15,17,19-22,28,30-35H,5-10,12-14H2,1-4H3/t15-,17?,19+,20-,21-,22+,24+,25+,26+,27+/m0/s1. The zero-order chi connectivity index (χ0) is 26.2. The topological polar surface area (TPSA) is 159 Å². The monoisotopic (exact) mass is 496 g/mol. The first-order valence-corrected chi connectivity index (χ1v) is 13.1. The number of aliphatic hydroxyl groups excluding tert-OH is 4. The van der Waals surface area contributed by atoms with E-state index in [1.54, 1.807) is 19.9 Å². The molecule has 4 aliphatic carbocycles. The van der Waals surface area contributed by atoms with Gasteiger partial charge >= 0.3 is 0 Å². The summed E-state index contributed by atoms with van der Waals surface area (Å²) in [5.41, 5.74) is -5.15. The lowest BCUT2D eigenvalue weighted by Crippen LogP contribution is -2.64. The molecular formula is C27H44O8. The van der Waals surface area contributed by atoms with Gasteiger partial charge in [-0.05, 0) is 88.2 Å². The Morgan fingerprint density at radius 1 is 1.09 bits per heavy atom. The molecule has 3 saturated carbocycles. The fourth-order valence-electron chi connectivity index (χ4n) is 8.36. The zero-order valence-corrected chi connectivity index (χ0v) is 21.4. The molecule has 4 rings (SSSR count). The zero-order valence-electron chi connectivity index (χ0n) is 21.4. The molecule has 0 bridgehead atoms. The Balaban J connectivity index is 1.69. The van der Waals surface area contributed by atoms with Crippen molar-refractivity contribution in [1.82, 2.24) is 0 Å². The first kappa shape index (κ1) is 27.2. The summed E-state index contributed by atoms with van der Waals surface area (Å²) in [7, 11) is 0. The molecule has 0 amide bonds. The smallest absolute Gasteiger partial charge is 0.159 e. The van der Waals surface area contributed by atoms with Gasteiger partial charge in [0.05, 0.1) is 36.1 Å². The minimum absolute atomic E-state index is 0.0926. The number of hydrogen-bond donors (Lipinski definition) is 7. The molecule has 0 spiro atoms. The van der Waals surface area contributed by atoms with E-state index in [9.17, 15) is 40.5 Å². The predicted octanol–water partition coefficient (Wildman–Crippen LogP) is 0.826. The average Bonchev–Trinajstić information content (AvgIpc) is 3.05. The van der Waals surface area contributed by atoms with Crippen LogP contribution in [0.1, 0.15) is 79.1 Å². The molecule has 8 heteroatoms. The first-order valence-electron chi connectivity index (χ1n) is 13.1. The van der Waals surface area contributed by atoms with Gasteiger partial charge in [-0.1, -0.05) is 13.8 Å². The third-order valence-corrected chi connectivity index (χ3v) is 10.6.